The quantitative estimate of drug-likeness (QED) is 0.742. The van der Waals surface area contributed by atoms with E-state index in [1.165, 1.54) is 17.2 Å². The van der Waals surface area contributed by atoms with E-state index >= 15 is 0 Å². The molecule has 23 heavy (non-hydrogen) atoms. The number of rotatable bonds is 4. The molecular formula is C18H16FN3O. The molecule has 0 bridgehead atoms. The van der Waals surface area contributed by atoms with Crippen LogP contribution in [0, 0.1) is 5.82 Å². The number of aromatic nitrogens is 2. The summed E-state index contributed by atoms with van der Waals surface area (Å²) >= 11 is 0. The predicted molar refractivity (Wildman–Crippen MR) is 85.8 cm³/mol. The molecule has 0 aliphatic carbocycles. The minimum Gasteiger partial charge on any atom is -0.336 e. The van der Waals surface area contributed by atoms with Gasteiger partial charge in [-0.15, -0.1) is 0 Å². The van der Waals surface area contributed by atoms with Crippen molar-refractivity contribution in [3.05, 3.63) is 84.2 Å². The molecule has 0 fully saturated rings. The Kier molecular flexibility index (Phi) is 4.19. The van der Waals surface area contributed by atoms with E-state index in [-0.39, 0.29) is 18.3 Å². The summed E-state index contributed by atoms with van der Waals surface area (Å²) in [5, 5.41) is 0. The molecule has 1 aromatic heterocycles. The molecule has 3 rings (SSSR count). The molecule has 1 amide bonds. The Morgan fingerprint density at radius 1 is 1.13 bits per heavy atom. The standard InChI is InChI=1S/C18H16FN3O/c1-21(12-14-7-5-6-10-16(14)19)18(23)17-11-20-13-22(17)15-8-3-2-4-9-15/h2-11,13H,12H2,1H3. The van der Waals surface area contributed by atoms with Crippen LogP contribution in [-0.4, -0.2) is 27.4 Å². The van der Waals surface area contributed by atoms with Crippen LogP contribution in [0.5, 0.6) is 0 Å². The summed E-state index contributed by atoms with van der Waals surface area (Å²) in [4.78, 5) is 18.2. The molecule has 0 saturated heterocycles. The summed E-state index contributed by atoms with van der Waals surface area (Å²) < 4.78 is 15.5. The van der Waals surface area contributed by atoms with Gasteiger partial charge in [-0.05, 0) is 18.2 Å². The predicted octanol–water partition coefficient (Wildman–Crippen LogP) is 3.28. The zero-order valence-corrected chi connectivity index (χ0v) is 12.7. The van der Waals surface area contributed by atoms with Crippen LogP contribution in [-0.2, 0) is 6.54 Å². The van der Waals surface area contributed by atoms with Crippen LogP contribution in [0.1, 0.15) is 16.1 Å². The smallest absolute Gasteiger partial charge is 0.272 e. The Morgan fingerprint density at radius 3 is 2.57 bits per heavy atom. The third kappa shape index (κ3) is 3.13. The van der Waals surface area contributed by atoms with Gasteiger partial charge in [0.1, 0.15) is 11.5 Å². The van der Waals surface area contributed by atoms with Gasteiger partial charge >= 0.3 is 0 Å². The van der Waals surface area contributed by atoms with Crippen molar-refractivity contribution in [2.45, 2.75) is 6.54 Å². The lowest BCUT2D eigenvalue weighted by atomic mass is 10.2. The molecule has 4 nitrogen and oxygen atoms in total. The lowest BCUT2D eigenvalue weighted by molar-refractivity contribution is 0.0776. The molecule has 0 spiro atoms. The summed E-state index contributed by atoms with van der Waals surface area (Å²) in [6, 6.07) is 15.9. The number of imidazole rings is 1. The number of para-hydroxylation sites is 1. The van der Waals surface area contributed by atoms with Crippen LogP contribution >= 0.6 is 0 Å². The van der Waals surface area contributed by atoms with Gasteiger partial charge in [0.2, 0.25) is 0 Å². The van der Waals surface area contributed by atoms with E-state index in [1.807, 2.05) is 30.3 Å². The van der Waals surface area contributed by atoms with Gasteiger partial charge in [-0.25, -0.2) is 9.37 Å². The lowest BCUT2D eigenvalue weighted by Crippen LogP contribution is -2.28. The Morgan fingerprint density at radius 2 is 1.83 bits per heavy atom. The second kappa shape index (κ2) is 6.44. The van der Waals surface area contributed by atoms with E-state index in [0.29, 0.717) is 11.3 Å². The number of hydrogen-bond donors (Lipinski definition) is 0. The van der Waals surface area contributed by atoms with Crippen molar-refractivity contribution in [3.63, 3.8) is 0 Å². The number of amides is 1. The van der Waals surface area contributed by atoms with Gasteiger partial charge in [0.05, 0.1) is 12.5 Å². The van der Waals surface area contributed by atoms with E-state index in [9.17, 15) is 9.18 Å². The molecule has 0 aliphatic rings. The monoisotopic (exact) mass is 309 g/mol. The van der Waals surface area contributed by atoms with E-state index in [4.69, 9.17) is 0 Å². The van der Waals surface area contributed by atoms with Crippen LogP contribution in [0.2, 0.25) is 0 Å². The van der Waals surface area contributed by atoms with Crippen LogP contribution in [0.4, 0.5) is 4.39 Å². The third-order valence-electron chi connectivity index (χ3n) is 3.60. The van der Waals surface area contributed by atoms with Crippen molar-refractivity contribution < 1.29 is 9.18 Å². The molecule has 3 aromatic rings. The van der Waals surface area contributed by atoms with Gasteiger partial charge in [0.25, 0.3) is 5.91 Å². The van der Waals surface area contributed by atoms with Crippen molar-refractivity contribution in [1.29, 1.82) is 0 Å². The molecule has 2 aromatic carbocycles. The first kappa shape index (κ1) is 15.0. The second-order valence-corrected chi connectivity index (χ2v) is 5.24. The molecule has 116 valence electrons. The van der Waals surface area contributed by atoms with Crippen molar-refractivity contribution in [1.82, 2.24) is 14.5 Å². The molecule has 0 aliphatic heterocycles. The summed E-state index contributed by atoms with van der Waals surface area (Å²) in [6.07, 6.45) is 3.12. The maximum absolute atomic E-state index is 13.7. The molecule has 1 heterocycles. The Bertz CT molecular complexity index is 814. The van der Waals surface area contributed by atoms with Gasteiger partial charge in [0.15, 0.2) is 0 Å². The molecule has 0 N–H and O–H groups in total. The fourth-order valence-corrected chi connectivity index (χ4v) is 2.40. The van der Waals surface area contributed by atoms with Gasteiger partial charge in [-0.3, -0.25) is 9.36 Å². The maximum Gasteiger partial charge on any atom is 0.272 e. The average molecular weight is 309 g/mol. The highest BCUT2D eigenvalue weighted by Crippen LogP contribution is 2.15. The molecule has 0 atom stereocenters. The highest BCUT2D eigenvalue weighted by atomic mass is 19.1. The molecule has 0 unspecified atom stereocenters. The highest BCUT2D eigenvalue weighted by molar-refractivity contribution is 5.92. The van der Waals surface area contributed by atoms with Gasteiger partial charge < -0.3 is 4.90 Å². The fraction of sp³-hybridized carbons (Fsp3) is 0.111. The minimum absolute atomic E-state index is 0.200. The number of hydrogen-bond acceptors (Lipinski definition) is 2. The maximum atomic E-state index is 13.7. The van der Waals surface area contributed by atoms with Crippen LogP contribution in [0.15, 0.2) is 67.1 Å². The van der Waals surface area contributed by atoms with E-state index in [1.54, 1.807) is 36.1 Å². The number of carbonyl (C=O) groups excluding carboxylic acids is 1. The normalized spacial score (nSPS) is 10.5. The molecule has 0 saturated carbocycles. The van der Waals surface area contributed by atoms with Gasteiger partial charge in [-0.1, -0.05) is 36.4 Å². The Hall–Kier alpha value is -2.95. The zero-order valence-electron chi connectivity index (χ0n) is 12.7. The summed E-state index contributed by atoms with van der Waals surface area (Å²) in [7, 11) is 1.65. The number of benzene rings is 2. The first-order chi connectivity index (χ1) is 11.2. The zero-order chi connectivity index (χ0) is 16.2. The summed E-state index contributed by atoms with van der Waals surface area (Å²) in [5.41, 5.74) is 1.77. The summed E-state index contributed by atoms with van der Waals surface area (Å²) in [6.45, 7) is 0.200. The highest BCUT2D eigenvalue weighted by Gasteiger charge is 2.18. The number of carbonyl (C=O) groups is 1. The van der Waals surface area contributed by atoms with Crippen molar-refractivity contribution in [3.8, 4) is 5.69 Å². The average Bonchev–Trinajstić information content (AvgIpc) is 3.06. The van der Waals surface area contributed by atoms with Crippen LogP contribution in [0.25, 0.3) is 5.69 Å². The van der Waals surface area contributed by atoms with Crippen LogP contribution < -0.4 is 0 Å². The first-order valence-corrected chi connectivity index (χ1v) is 7.23. The topological polar surface area (TPSA) is 38.1 Å². The first-order valence-electron chi connectivity index (χ1n) is 7.23. The largest absolute Gasteiger partial charge is 0.336 e. The minimum atomic E-state index is -0.316. The fourth-order valence-electron chi connectivity index (χ4n) is 2.40. The van der Waals surface area contributed by atoms with Crippen molar-refractivity contribution in [2.75, 3.05) is 7.05 Å². The second-order valence-electron chi connectivity index (χ2n) is 5.24. The molecule has 5 heteroatoms. The van der Waals surface area contributed by atoms with E-state index in [2.05, 4.69) is 4.98 Å². The Balaban J connectivity index is 1.84. The SMILES string of the molecule is CN(Cc1ccccc1F)C(=O)c1cncn1-c1ccccc1. The van der Waals surface area contributed by atoms with Crippen LogP contribution in [0.3, 0.4) is 0 Å². The van der Waals surface area contributed by atoms with Crippen molar-refractivity contribution >= 4 is 5.91 Å². The summed E-state index contributed by atoms with van der Waals surface area (Å²) in [5.74, 6) is -0.529. The van der Waals surface area contributed by atoms with Gasteiger partial charge in [-0.2, -0.15) is 0 Å². The van der Waals surface area contributed by atoms with Gasteiger partial charge in [0, 0.05) is 24.8 Å². The van der Waals surface area contributed by atoms with E-state index < -0.39 is 0 Å². The number of halogens is 1. The molecular weight excluding hydrogens is 293 g/mol. The Labute approximate surface area is 133 Å². The van der Waals surface area contributed by atoms with Crippen molar-refractivity contribution in [2.24, 2.45) is 0 Å². The lowest BCUT2D eigenvalue weighted by Gasteiger charge is -2.18. The third-order valence-corrected chi connectivity index (χ3v) is 3.60. The number of nitrogens with zero attached hydrogens (tertiary/aromatic N) is 3. The van der Waals surface area contributed by atoms with E-state index in [0.717, 1.165) is 5.69 Å². The molecule has 0 radical (unpaired) electrons.